The van der Waals surface area contributed by atoms with Gasteiger partial charge in [-0.2, -0.15) is 5.10 Å². The third kappa shape index (κ3) is 4.53. The quantitative estimate of drug-likeness (QED) is 0.614. The van der Waals surface area contributed by atoms with Gasteiger partial charge in [0.05, 0.1) is 27.0 Å². The number of carbonyl (C=O) groups is 1. The van der Waals surface area contributed by atoms with Crippen LogP contribution in [0.1, 0.15) is 16.1 Å². The van der Waals surface area contributed by atoms with Crippen molar-refractivity contribution < 1.29 is 23.4 Å². The van der Waals surface area contributed by atoms with Gasteiger partial charge in [-0.05, 0) is 54.4 Å². The van der Waals surface area contributed by atoms with Crippen LogP contribution in [-0.4, -0.2) is 43.6 Å². The van der Waals surface area contributed by atoms with Gasteiger partial charge in [-0.15, -0.1) is 0 Å². The molecule has 0 bridgehead atoms. The number of aromatic nitrogens is 2. The first-order valence-electron chi connectivity index (χ1n) is 9.34. The lowest BCUT2D eigenvalue weighted by Gasteiger charge is -2.14. The van der Waals surface area contributed by atoms with Crippen LogP contribution in [0.5, 0.6) is 17.2 Å². The molecule has 0 fully saturated rings. The van der Waals surface area contributed by atoms with Gasteiger partial charge in [-0.25, -0.2) is 4.39 Å². The molecule has 0 saturated heterocycles. The molecule has 0 saturated carbocycles. The number of benzene rings is 2. The van der Waals surface area contributed by atoms with E-state index in [1.165, 1.54) is 16.8 Å². The summed E-state index contributed by atoms with van der Waals surface area (Å²) in [6, 6.07) is 11.4. The lowest BCUT2D eigenvalue weighted by Crippen LogP contribution is -2.27. The predicted molar refractivity (Wildman–Crippen MR) is 111 cm³/mol. The molecule has 30 heavy (non-hydrogen) atoms. The molecule has 0 aliphatic heterocycles. The Kier molecular flexibility index (Phi) is 6.56. The first kappa shape index (κ1) is 21.2. The van der Waals surface area contributed by atoms with Crippen molar-refractivity contribution in [1.29, 1.82) is 0 Å². The van der Waals surface area contributed by atoms with E-state index in [0.29, 0.717) is 41.6 Å². The molecule has 0 aliphatic rings. The summed E-state index contributed by atoms with van der Waals surface area (Å²) >= 11 is 0. The zero-order chi connectivity index (χ0) is 21.7. The number of methoxy groups -OCH3 is 3. The van der Waals surface area contributed by atoms with Gasteiger partial charge in [-0.1, -0.05) is 0 Å². The fourth-order valence-electron chi connectivity index (χ4n) is 3.13. The molecule has 0 unspecified atom stereocenters. The van der Waals surface area contributed by atoms with Gasteiger partial charge in [0.1, 0.15) is 11.5 Å². The number of hydrogen-bond acceptors (Lipinski definition) is 5. The van der Waals surface area contributed by atoms with Crippen LogP contribution in [-0.2, 0) is 13.5 Å². The van der Waals surface area contributed by atoms with Crippen molar-refractivity contribution in [3.63, 3.8) is 0 Å². The van der Waals surface area contributed by atoms with E-state index in [2.05, 4.69) is 10.4 Å². The molecule has 158 valence electrons. The zero-order valence-electron chi connectivity index (χ0n) is 17.4. The maximum absolute atomic E-state index is 13.1. The molecule has 7 nitrogen and oxygen atoms in total. The minimum absolute atomic E-state index is 0.245. The summed E-state index contributed by atoms with van der Waals surface area (Å²) in [6.45, 7) is 0.411. The standard InChI is InChI=1S/C22H24FN3O4/c1-26-18(13-17(25-26)15-5-7-16(23)8-6-15)22(27)24-10-9-14-11-19(28-2)21(30-4)20(12-14)29-3/h5-8,11-13H,9-10H2,1-4H3,(H,24,27). The smallest absolute Gasteiger partial charge is 0.269 e. The van der Waals surface area contributed by atoms with E-state index < -0.39 is 0 Å². The van der Waals surface area contributed by atoms with Crippen molar-refractivity contribution in [1.82, 2.24) is 15.1 Å². The summed E-state index contributed by atoms with van der Waals surface area (Å²) in [5.74, 6) is 1.09. The van der Waals surface area contributed by atoms with Gasteiger partial charge in [0, 0.05) is 19.2 Å². The van der Waals surface area contributed by atoms with Gasteiger partial charge in [-0.3, -0.25) is 9.48 Å². The summed E-state index contributed by atoms with van der Waals surface area (Å²) in [5.41, 5.74) is 2.69. The lowest BCUT2D eigenvalue weighted by atomic mass is 10.1. The Hall–Kier alpha value is -3.55. The maximum Gasteiger partial charge on any atom is 0.269 e. The average molecular weight is 413 g/mol. The Balaban J connectivity index is 1.67. The van der Waals surface area contributed by atoms with Gasteiger partial charge in [0.25, 0.3) is 5.91 Å². The SMILES string of the molecule is COc1cc(CCNC(=O)c2cc(-c3ccc(F)cc3)nn2C)cc(OC)c1OC. The number of nitrogens with one attached hydrogen (secondary N) is 1. The highest BCUT2D eigenvalue weighted by atomic mass is 19.1. The molecule has 1 N–H and O–H groups in total. The second-order valence-corrected chi connectivity index (χ2v) is 6.58. The third-order valence-corrected chi connectivity index (χ3v) is 4.68. The van der Waals surface area contributed by atoms with Crippen LogP contribution < -0.4 is 19.5 Å². The number of ether oxygens (including phenoxy) is 3. The second kappa shape index (κ2) is 9.30. The highest BCUT2D eigenvalue weighted by Crippen LogP contribution is 2.38. The van der Waals surface area contributed by atoms with E-state index in [-0.39, 0.29) is 11.7 Å². The van der Waals surface area contributed by atoms with Crippen molar-refractivity contribution >= 4 is 5.91 Å². The Labute approximate surface area is 174 Å². The number of carbonyl (C=O) groups excluding carboxylic acids is 1. The number of aryl methyl sites for hydroxylation is 1. The summed E-state index contributed by atoms with van der Waals surface area (Å²) in [5, 5.41) is 7.24. The number of hydrogen-bond donors (Lipinski definition) is 1. The van der Waals surface area contributed by atoms with Crippen LogP contribution in [0.2, 0.25) is 0 Å². The molecule has 1 aromatic heterocycles. The van der Waals surface area contributed by atoms with Crippen LogP contribution in [0.4, 0.5) is 4.39 Å². The Morgan fingerprint density at radius 1 is 1.03 bits per heavy atom. The Bertz CT molecular complexity index is 1010. The van der Waals surface area contributed by atoms with Crippen LogP contribution in [0.3, 0.4) is 0 Å². The number of halogens is 1. The van der Waals surface area contributed by atoms with Crippen molar-refractivity contribution in [3.8, 4) is 28.5 Å². The summed E-state index contributed by atoms with van der Waals surface area (Å²) in [4.78, 5) is 12.6. The van der Waals surface area contributed by atoms with Crippen molar-refractivity contribution in [2.24, 2.45) is 7.05 Å². The first-order chi connectivity index (χ1) is 14.5. The number of rotatable bonds is 8. The van der Waals surface area contributed by atoms with E-state index in [9.17, 15) is 9.18 Å². The van der Waals surface area contributed by atoms with E-state index >= 15 is 0 Å². The molecular formula is C22H24FN3O4. The molecule has 0 atom stereocenters. The largest absolute Gasteiger partial charge is 0.493 e. The molecule has 1 amide bonds. The van der Waals surface area contributed by atoms with Crippen molar-refractivity contribution in [2.45, 2.75) is 6.42 Å². The first-order valence-corrected chi connectivity index (χ1v) is 9.34. The van der Waals surface area contributed by atoms with Crippen LogP contribution >= 0.6 is 0 Å². The molecule has 0 radical (unpaired) electrons. The van der Waals surface area contributed by atoms with Gasteiger partial charge in [0.2, 0.25) is 5.75 Å². The molecule has 0 spiro atoms. The van der Waals surface area contributed by atoms with Crippen LogP contribution in [0.15, 0.2) is 42.5 Å². The summed E-state index contributed by atoms with van der Waals surface area (Å²) in [6.07, 6.45) is 0.575. The van der Waals surface area contributed by atoms with Crippen LogP contribution in [0, 0.1) is 5.82 Å². The topological polar surface area (TPSA) is 74.6 Å². The lowest BCUT2D eigenvalue weighted by molar-refractivity contribution is 0.0944. The fraction of sp³-hybridized carbons (Fsp3) is 0.273. The van der Waals surface area contributed by atoms with E-state index in [0.717, 1.165) is 11.1 Å². The Morgan fingerprint density at radius 3 is 2.23 bits per heavy atom. The predicted octanol–water partition coefficient (Wildman–Crippen LogP) is 3.22. The number of nitrogens with zero attached hydrogens (tertiary/aromatic N) is 2. The maximum atomic E-state index is 13.1. The second-order valence-electron chi connectivity index (χ2n) is 6.58. The Morgan fingerprint density at radius 2 is 1.67 bits per heavy atom. The fourth-order valence-corrected chi connectivity index (χ4v) is 3.13. The van der Waals surface area contributed by atoms with Crippen molar-refractivity contribution in [3.05, 3.63) is 59.5 Å². The van der Waals surface area contributed by atoms with E-state index in [4.69, 9.17) is 14.2 Å². The van der Waals surface area contributed by atoms with Crippen LogP contribution in [0.25, 0.3) is 11.3 Å². The van der Waals surface area contributed by atoms with E-state index in [1.807, 2.05) is 12.1 Å². The third-order valence-electron chi connectivity index (χ3n) is 4.68. The van der Waals surface area contributed by atoms with Gasteiger partial charge in [0.15, 0.2) is 11.5 Å². The van der Waals surface area contributed by atoms with Gasteiger partial charge < -0.3 is 19.5 Å². The molecule has 1 heterocycles. The molecule has 0 aliphatic carbocycles. The van der Waals surface area contributed by atoms with E-state index in [1.54, 1.807) is 46.6 Å². The molecular weight excluding hydrogens is 389 g/mol. The zero-order valence-corrected chi connectivity index (χ0v) is 17.4. The van der Waals surface area contributed by atoms with Crippen molar-refractivity contribution in [2.75, 3.05) is 27.9 Å². The summed E-state index contributed by atoms with van der Waals surface area (Å²) < 4.78 is 30.7. The summed E-state index contributed by atoms with van der Waals surface area (Å²) in [7, 11) is 6.36. The minimum atomic E-state index is -0.320. The monoisotopic (exact) mass is 413 g/mol. The highest BCUT2D eigenvalue weighted by molar-refractivity contribution is 5.93. The average Bonchev–Trinajstić information content (AvgIpc) is 3.15. The highest BCUT2D eigenvalue weighted by Gasteiger charge is 2.16. The molecule has 2 aromatic carbocycles. The molecule has 8 heteroatoms. The molecule has 3 aromatic rings. The minimum Gasteiger partial charge on any atom is -0.493 e. The normalized spacial score (nSPS) is 10.6. The number of amides is 1. The van der Waals surface area contributed by atoms with Gasteiger partial charge >= 0.3 is 0 Å². The molecule has 3 rings (SSSR count).